The third-order valence-corrected chi connectivity index (χ3v) is 7.14. The van der Waals surface area contributed by atoms with E-state index in [1.165, 1.54) is 29.3 Å². The van der Waals surface area contributed by atoms with Crippen LogP contribution >= 0.6 is 11.3 Å². The van der Waals surface area contributed by atoms with Gasteiger partial charge in [0.15, 0.2) is 0 Å². The summed E-state index contributed by atoms with van der Waals surface area (Å²) in [5.74, 6) is 0.512. The van der Waals surface area contributed by atoms with Gasteiger partial charge in [0.1, 0.15) is 18.0 Å². The SMILES string of the molecule is CC(=O)n1ncc2ccc(Nc3nccc4c(NC(=O)c5csc6c(N)ncnc56)c(C)ccc34)cc21. The number of nitrogens with one attached hydrogen (secondary N) is 2. The number of pyridine rings is 1. The zero-order valence-electron chi connectivity index (χ0n) is 19.8. The van der Waals surface area contributed by atoms with Crippen molar-refractivity contribution in [3.8, 4) is 0 Å². The van der Waals surface area contributed by atoms with Crippen LogP contribution in [0.5, 0.6) is 0 Å². The molecule has 0 bridgehead atoms. The number of rotatable bonds is 4. The van der Waals surface area contributed by atoms with Gasteiger partial charge in [-0.1, -0.05) is 12.1 Å². The van der Waals surface area contributed by atoms with Gasteiger partial charge in [-0.3, -0.25) is 9.59 Å². The van der Waals surface area contributed by atoms with E-state index >= 15 is 0 Å². The normalized spacial score (nSPS) is 11.3. The summed E-state index contributed by atoms with van der Waals surface area (Å²) in [6.45, 7) is 3.41. The van der Waals surface area contributed by atoms with Crippen molar-refractivity contribution in [1.29, 1.82) is 0 Å². The number of anilines is 4. The molecule has 0 aliphatic rings. The maximum Gasteiger partial charge on any atom is 0.258 e. The Balaban J connectivity index is 1.38. The van der Waals surface area contributed by atoms with Crippen LogP contribution in [0.4, 0.5) is 23.0 Å². The van der Waals surface area contributed by atoms with Crippen LogP contribution in [-0.4, -0.2) is 36.5 Å². The maximum atomic E-state index is 13.3. The number of carbonyl (C=O) groups excluding carboxylic acids is 2. The summed E-state index contributed by atoms with van der Waals surface area (Å²) in [6.07, 6.45) is 4.70. The topological polar surface area (TPSA) is 141 Å². The highest BCUT2D eigenvalue weighted by Gasteiger charge is 2.18. The minimum absolute atomic E-state index is 0.168. The molecule has 11 heteroatoms. The van der Waals surface area contributed by atoms with Gasteiger partial charge >= 0.3 is 0 Å². The van der Waals surface area contributed by atoms with Crippen molar-refractivity contribution in [2.45, 2.75) is 13.8 Å². The molecule has 0 spiro atoms. The summed E-state index contributed by atoms with van der Waals surface area (Å²) in [7, 11) is 0. The monoisotopic (exact) mass is 508 g/mol. The zero-order chi connectivity index (χ0) is 25.7. The first kappa shape index (κ1) is 22.6. The molecule has 6 rings (SSSR count). The molecule has 0 aliphatic heterocycles. The smallest absolute Gasteiger partial charge is 0.258 e. The first-order valence-electron chi connectivity index (χ1n) is 11.3. The Bertz CT molecular complexity index is 1870. The molecule has 2 aromatic carbocycles. The number of carbonyl (C=O) groups is 2. The number of fused-ring (bicyclic) bond motifs is 3. The fourth-order valence-corrected chi connectivity index (χ4v) is 5.23. The number of amides is 1. The number of nitrogens with two attached hydrogens (primary N) is 1. The quantitative estimate of drug-likeness (QED) is 0.297. The van der Waals surface area contributed by atoms with Crippen LogP contribution in [-0.2, 0) is 0 Å². The van der Waals surface area contributed by atoms with E-state index in [0.29, 0.717) is 38.6 Å². The van der Waals surface area contributed by atoms with E-state index in [-0.39, 0.29) is 11.8 Å². The van der Waals surface area contributed by atoms with Crippen molar-refractivity contribution in [2.75, 3.05) is 16.4 Å². The van der Waals surface area contributed by atoms with Crippen molar-refractivity contribution in [2.24, 2.45) is 0 Å². The highest BCUT2D eigenvalue weighted by atomic mass is 32.1. The average Bonchev–Trinajstić information content (AvgIpc) is 3.51. The van der Waals surface area contributed by atoms with E-state index in [1.807, 2.05) is 43.3 Å². The summed E-state index contributed by atoms with van der Waals surface area (Å²) in [5, 5.41) is 14.8. The minimum atomic E-state index is -0.283. The summed E-state index contributed by atoms with van der Waals surface area (Å²) in [4.78, 5) is 38.0. The van der Waals surface area contributed by atoms with E-state index in [9.17, 15) is 9.59 Å². The molecular formula is C26H20N8O2S. The number of hydrogen-bond acceptors (Lipinski definition) is 9. The Morgan fingerprint density at radius 3 is 2.76 bits per heavy atom. The lowest BCUT2D eigenvalue weighted by atomic mass is 10.0. The predicted octanol–water partition coefficient (Wildman–Crippen LogP) is 5.14. The van der Waals surface area contributed by atoms with Crippen molar-refractivity contribution in [3.63, 3.8) is 0 Å². The highest BCUT2D eigenvalue weighted by molar-refractivity contribution is 7.18. The van der Waals surface area contributed by atoms with Gasteiger partial charge in [0.05, 0.1) is 33.2 Å². The summed E-state index contributed by atoms with van der Waals surface area (Å²) >= 11 is 1.34. The largest absolute Gasteiger partial charge is 0.382 e. The van der Waals surface area contributed by atoms with Crippen LogP contribution in [0.15, 0.2) is 60.5 Å². The van der Waals surface area contributed by atoms with Gasteiger partial charge in [-0.25, -0.2) is 19.6 Å². The van der Waals surface area contributed by atoms with Gasteiger partial charge in [-0.2, -0.15) is 5.10 Å². The van der Waals surface area contributed by atoms with Crippen LogP contribution in [0.25, 0.3) is 31.9 Å². The number of nitrogen functional groups attached to an aromatic ring is 1. The molecule has 0 saturated heterocycles. The van der Waals surface area contributed by atoms with Crippen LogP contribution in [0.1, 0.15) is 27.6 Å². The van der Waals surface area contributed by atoms with Crippen molar-refractivity contribution >= 4 is 78.1 Å². The molecule has 10 nitrogen and oxygen atoms in total. The Kier molecular flexibility index (Phi) is 5.27. The third kappa shape index (κ3) is 3.81. The number of aryl methyl sites for hydroxylation is 1. The lowest BCUT2D eigenvalue weighted by Gasteiger charge is -2.15. The van der Waals surface area contributed by atoms with Gasteiger partial charge in [0.2, 0.25) is 5.91 Å². The summed E-state index contributed by atoms with van der Waals surface area (Å²) < 4.78 is 2.04. The Labute approximate surface area is 214 Å². The Morgan fingerprint density at radius 1 is 1.05 bits per heavy atom. The first-order chi connectivity index (χ1) is 17.9. The minimum Gasteiger partial charge on any atom is -0.382 e. The van der Waals surface area contributed by atoms with E-state index < -0.39 is 0 Å². The average molecular weight is 509 g/mol. The van der Waals surface area contributed by atoms with E-state index in [0.717, 1.165) is 27.4 Å². The van der Waals surface area contributed by atoms with Gasteiger partial charge in [0.25, 0.3) is 5.91 Å². The lowest BCUT2D eigenvalue weighted by molar-refractivity contribution is 0.0926. The number of aromatic nitrogens is 5. The summed E-state index contributed by atoms with van der Waals surface area (Å²) in [6, 6.07) is 11.4. The Morgan fingerprint density at radius 2 is 1.92 bits per heavy atom. The maximum absolute atomic E-state index is 13.3. The molecule has 0 unspecified atom stereocenters. The fourth-order valence-electron chi connectivity index (χ4n) is 4.32. The molecule has 0 atom stereocenters. The van der Waals surface area contributed by atoms with Crippen molar-refractivity contribution in [1.82, 2.24) is 24.7 Å². The standard InChI is InChI=1S/C26H20N8O2S/c1-13-3-6-18-17(21(13)33-26(36)19-11-37-23-22(19)29-12-30-24(23)27)7-8-28-25(18)32-16-5-4-15-10-31-34(14(2)35)20(15)9-16/h3-12H,1-2H3,(H,28,32)(H,33,36)(H2,27,29,30). The zero-order valence-corrected chi connectivity index (χ0v) is 20.6. The van der Waals surface area contributed by atoms with Gasteiger partial charge in [0, 0.05) is 40.3 Å². The molecule has 37 heavy (non-hydrogen) atoms. The number of nitrogens with zero attached hydrogens (tertiary/aromatic N) is 5. The van der Waals surface area contributed by atoms with Crippen LogP contribution in [0.2, 0.25) is 0 Å². The molecule has 0 radical (unpaired) electrons. The van der Waals surface area contributed by atoms with Gasteiger partial charge in [-0.05, 0) is 36.8 Å². The number of thiophene rings is 1. The van der Waals surface area contributed by atoms with Crippen LogP contribution < -0.4 is 16.4 Å². The van der Waals surface area contributed by atoms with Crippen LogP contribution in [0.3, 0.4) is 0 Å². The molecule has 0 fully saturated rings. The second kappa shape index (κ2) is 8.64. The fraction of sp³-hybridized carbons (Fsp3) is 0.0769. The Hall–Kier alpha value is -4.90. The number of benzene rings is 2. The van der Waals surface area contributed by atoms with Gasteiger partial charge in [-0.15, -0.1) is 11.3 Å². The molecule has 4 heterocycles. The second-order valence-electron chi connectivity index (χ2n) is 8.53. The van der Waals surface area contributed by atoms with Crippen molar-refractivity contribution in [3.05, 3.63) is 71.6 Å². The molecule has 0 saturated carbocycles. The van der Waals surface area contributed by atoms with E-state index in [4.69, 9.17) is 5.73 Å². The molecular weight excluding hydrogens is 488 g/mol. The molecule has 4 aromatic heterocycles. The predicted molar refractivity (Wildman–Crippen MR) is 146 cm³/mol. The molecule has 0 aliphatic carbocycles. The third-order valence-electron chi connectivity index (χ3n) is 6.15. The van der Waals surface area contributed by atoms with Crippen molar-refractivity contribution < 1.29 is 9.59 Å². The van der Waals surface area contributed by atoms with E-state index in [2.05, 4.69) is 30.7 Å². The molecule has 1 amide bonds. The van der Waals surface area contributed by atoms with E-state index in [1.54, 1.807) is 17.8 Å². The summed E-state index contributed by atoms with van der Waals surface area (Å²) in [5.41, 5.74) is 9.94. The number of hydrogen-bond donors (Lipinski definition) is 3. The molecule has 182 valence electrons. The first-order valence-corrected chi connectivity index (χ1v) is 12.2. The molecule has 4 N–H and O–H groups in total. The highest BCUT2D eigenvalue weighted by Crippen LogP contribution is 2.34. The lowest BCUT2D eigenvalue weighted by Crippen LogP contribution is -2.13. The van der Waals surface area contributed by atoms with Gasteiger partial charge < -0.3 is 16.4 Å². The molecule has 6 aromatic rings. The second-order valence-corrected chi connectivity index (χ2v) is 9.41. The van der Waals surface area contributed by atoms with Crippen LogP contribution in [0, 0.1) is 6.92 Å².